The van der Waals surface area contributed by atoms with Crippen LogP contribution in [0.3, 0.4) is 0 Å². The van der Waals surface area contributed by atoms with Crippen LogP contribution in [0.2, 0.25) is 0 Å². The maximum Gasteiger partial charge on any atom is 0.228 e. The lowest BCUT2D eigenvalue weighted by atomic mass is 10.1. The predicted octanol–water partition coefficient (Wildman–Crippen LogP) is 1.99. The van der Waals surface area contributed by atoms with E-state index in [-0.39, 0.29) is 12.3 Å². The van der Waals surface area contributed by atoms with Crippen LogP contribution < -0.4 is 0 Å². The van der Waals surface area contributed by atoms with E-state index in [0.717, 1.165) is 16.5 Å². The highest BCUT2D eigenvalue weighted by molar-refractivity contribution is 5.85. The lowest BCUT2D eigenvalue weighted by Crippen LogP contribution is -2.41. The Balaban J connectivity index is 1.59. The number of rotatable bonds is 3. The lowest BCUT2D eigenvalue weighted by Gasteiger charge is -2.26. The van der Waals surface area contributed by atoms with Gasteiger partial charge >= 0.3 is 0 Å². The smallest absolute Gasteiger partial charge is 0.228 e. The molecule has 0 atom stereocenters. The van der Waals surface area contributed by atoms with Crippen LogP contribution in [0.5, 0.6) is 0 Å². The molecule has 1 aromatic carbocycles. The fourth-order valence-electron chi connectivity index (χ4n) is 2.90. The highest BCUT2D eigenvalue weighted by atomic mass is 16.5. The zero-order valence-electron chi connectivity index (χ0n) is 13.9. The van der Waals surface area contributed by atoms with Crippen molar-refractivity contribution in [3.63, 3.8) is 0 Å². The molecule has 4 rings (SSSR count). The summed E-state index contributed by atoms with van der Waals surface area (Å²) in [6, 6.07) is 7.71. The van der Waals surface area contributed by atoms with Gasteiger partial charge < -0.3 is 14.1 Å². The summed E-state index contributed by atoms with van der Waals surface area (Å²) >= 11 is 0. The third kappa shape index (κ3) is 3.36. The summed E-state index contributed by atoms with van der Waals surface area (Å²) in [4.78, 5) is 18.3. The predicted molar refractivity (Wildman–Crippen MR) is 90.9 cm³/mol. The van der Waals surface area contributed by atoms with Crippen LogP contribution >= 0.6 is 0 Å². The minimum Gasteiger partial charge on any atom is -0.441 e. The molecule has 0 bridgehead atoms. The maximum atomic E-state index is 12.4. The average Bonchev–Trinajstić information content (AvgIpc) is 3.08. The second-order valence-electron chi connectivity index (χ2n) is 6.02. The van der Waals surface area contributed by atoms with E-state index in [2.05, 4.69) is 15.2 Å². The summed E-state index contributed by atoms with van der Waals surface area (Å²) in [7, 11) is 0. The molecule has 1 amide bonds. The zero-order valence-corrected chi connectivity index (χ0v) is 13.9. The van der Waals surface area contributed by atoms with Gasteiger partial charge in [-0.25, -0.2) is 4.98 Å². The Morgan fingerprint density at radius 3 is 2.80 bits per heavy atom. The summed E-state index contributed by atoms with van der Waals surface area (Å²) < 4.78 is 10.9. The van der Waals surface area contributed by atoms with Crippen LogP contribution in [0.1, 0.15) is 11.6 Å². The molecular formula is C18H18N4O3. The van der Waals surface area contributed by atoms with Crippen LogP contribution in [-0.2, 0) is 16.0 Å². The molecule has 0 radical (unpaired) electrons. The molecule has 0 saturated carbocycles. The highest BCUT2D eigenvalue weighted by Gasteiger charge is 2.18. The molecule has 3 heterocycles. The van der Waals surface area contributed by atoms with E-state index in [9.17, 15) is 4.79 Å². The number of morpholine rings is 1. The van der Waals surface area contributed by atoms with Gasteiger partial charge in [0, 0.05) is 31.0 Å². The molecule has 25 heavy (non-hydrogen) atoms. The molecule has 0 N–H and O–H groups in total. The molecule has 7 heteroatoms. The van der Waals surface area contributed by atoms with Crippen molar-refractivity contribution in [3.05, 3.63) is 42.0 Å². The van der Waals surface area contributed by atoms with E-state index in [4.69, 9.17) is 9.15 Å². The molecule has 0 spiro atoms. The average molecular weight is 338 g/mol. The maximum absolute atomic E-state index is 12.4. The minimum absolute atomic E-state index is 0.0546. The summed E-state index contributed by atoms with van der Waals surface area (Å²) in [5, 5.41) is 9.33. The molecular weight excluding hydrogens is 320 g/mol. The van der Waals surface area contributed by atoms with E-state index < -0.39 is 0 Å². The van der Waals surface area contributed by atoms with Crippen LogP contribution in [-0.4, -0.2) is 52.3 Å². The van der Waals surface area contributed by atoms with Gasteiger partial charge in [-0.3, -0.25) is 4.79 Å². The normalized spacial score (nSPS) is 14.8. The Kier molecular flexibility index (Phi) is 4.15. The van der Waals surface area contributed by atoms with Gasteiger partial charge in [0.2, 0.25) is 5.91 Å². The highest BCUT2D eigenvalue weighted by Crippen LogP contribution is 2.24. The van der Waals surface area contributed by atoms with E-state index in [1.807, 2.05) is 36.1 Å². The van der Waals surface area contributed by atoms with Crippen molar-refractivity contribution < 1.29 is 13.9 Å². The van der Waals surface area contributed by atoms with Gasteiger partial charge in [0.25, 0.3) is 0 Å². The van der Waals surface area contributed by atoms with Gasteiger partial charge in [-0.15, -0.1) is 0 Å². The van der Waals surface area contributed by atoms with Crippen molar-refractivity contribution in [1.82, 2.24) is 20.1 Å². The Morgan fingerprint density at radius 1 is 1.20 bits per heavy atom. The van der Waals surface area contributed by atoms with E-state index in [1.54, 1.807) is 6.20 Å². The number of aromatic nitrogens is 3. The number of carbonyl (C=O) groups excluding carboxylic acids is 1. The van der Waals surface area contributed by atoms with Crippen molar-refractivity contribution in [2.24, 2.45) is 0 Å². The molecule has 0 unspecified atom stereocenters. The molecule has 1 fully saturated rings. The number of hydrogen-bond acceptors (Lipinski definition) is 6. The van der Waals surface area contributed by atoms with E-state index in [0.29, 0.717) is 43.6 Å². The van der Waals surface area contributed by atoms with Crippen LogP contribution in [0.4, 0.5) is 0 Å². The SMILES string of the molecule is Cc1ncc(-c2ccc3nnc(CC(=O)N4CCOCC4)cc3c2)o1. The van der Waals surface area contributed by atoms with Crippen molar-refractivity contribution in [1.29, 1.82) is 0 Å². The number of fused-ring (bicyclic) bond motifs is 1. The summed E-state index contributed by atoms with van der Waals surface area (Å²) in [5.41, 5.74) is 2.36. The van der Waals surface area contributed by atoms with Crippen molar-refractivity contribution in [2.45, 2.75) is 13.3 Å². The second kappa shape index (κ2) is 6.60. The standard InChI is InChI=1S/C18H18N4O3/c1-12-19-11-17(25-12)13-2-3-16-14(8-13)9-15(20-21-16)10-18(23)22-4-6-24-7-5-22/h2-3,8-9,11H,4-7,10H2,1H3. The van der Waals surface area contributed by atoms with Gasteiger partial charge in [-0.2, -0.15) is 10.2 Å². The minimum atomic E-state index is 0.0546. The fourth-order valence-corrected chi connectivity index (χ4v) is 2.90. The zero-order chi connectivity index (χ0) is 17.2. The third-order valence-corrected chi connectivity index (χ3v) is 4.24. The van der Waals surface area contributed by atoms with E-state index >= 15 is 0 Å². The molecule has 1 aliphatic heterocycles. The van der Waals surface area contributed by atoms with Gasteiger partial charge in [0.05, 0.1) is 37.0 Å². The number of aryl methyl sites for hydroxylation is 1. The second-order valence-corrected chi connectivity index (χ2v) is 6.02. The van der Waals surface area contributed by atoms with E-state index in [1.165, 1.54) is 0 Å². The quantitative estimate of drug-likeness (QED) is 0.726. The number of nitrogens with zero attached hydrogens (tertiary/aromatic N) is 4. The largest absolute Gasteiger partial charge is 0.441 e. The first-order valence-corrected chi connectivity index (χ1v) is 8.24. The fraction of sp³-hybridized carbons (Fsp3) is 0.333. The molecule has 2 aromatic heterocycles. The topological polar surface area (TPSA) is 81.4 Å². The first-order chi connectivity index (χ1) is 12.2. The Labute approximate surface area is 144 Å². The van der Waals surface area contributed by atoms with Crippen LogP contribution in [0, 0.1) is 6.92 Å². The monoisotopic (exact) mass is 338 g/mol. The summed E-state index contributed by atoms with van der Waals surface area (Å²) in [5.74, 6) is 1.39. The van der Waals surface area contributed by atoms with Crippen molar-refractivity contribution in [2.75, 3.05) is 26.3 Å². The van der Waals surface area contributed by atoms with Gasteiger partial charge in [0.1, 0.15) is 0 Å². The summed E-state index contributed by atoms with van der Waals surface area (Å²) in [6.07, 6.45) is 1.95. The lowest BCUT2D eigenvalue weighted by molar-refractivity contribution is -0.134. The van der Waals surface area contributed by atoms with Gasteiger partial charge in [-0.05, 0) is 24.3 Å². The number of oxazole rings is 1. The molecule has 1 saturated heterocycles. The molecule has 7 nitrogen and oxygen atoms in total. The van der Waals surface area contributed by atoms with Gasteiger partial charge in [-0.1, -0.05) is 0 Å². The summed E-state index contributed by atoms with van der Waals surface area (Å²) in [6.45, 7) is 4.26. The first-order valence-electron chi connectivity index (χ1n) is 8.24. The van der Waals surface area contributed by atoms with Crippen molar-refractivity contribution in [3.8, 4) is 11.3 Å². The Bertz CT molecular complexity index is 916. The number of ether oxygens (including phenoxy) is 1. The molecule has 1 aliphatic rings. The number of amides is 1. The third-order valence-electron chi connectivity index (χ3n) is 4.24. The van der Waals surface area contributed by atoms with Gasteiger partial charge in [0.15, 0.2) is 11.7 Å². The molecule has 3 aromatic rings. The van der Waals surface area contributed by atoms with Crippen LogP contribution in [0.15, 0.2) is 34.9 Å². The molecule has 0 aliphatic carbocycles. The number of benzene rings is 1. The molecule has 128 valence electrons. The number of carbonyl (C=O) groups is 1. The first kappa shape index (κ1) is 15.7. The van der Waals surface area contributed by atoms with Crippen molar-refractivity contribution >= 4 is 16.8 Å². The Morgan fingerprint density at radius 2 is 2.04 bits per heavy atom. The number of hydrogen-bond donors (Lipinski definition) is 0. The Hall–Kier alpha value is -2.80. The van der Waals surface area contributed by atoms with Crippen LogP contribution in [0.25, 0.3) is 22.2 Å².